The van der Waals surface area contributed by atoms with Crippen LogP contribution >= 0.6 is 0 Å². The van der Waals surface area contributed by atoms with Crippen molar-refractivity contribution in [1.82, 2.24) is 10.2 Å². The molecular formula is C16H32N2. The summed E-state index contributed by atoms with van der Waals surface area (Å²) < 4.78 is 0. The summed E-state index contributed by atoms with van der Waals surface area (Å²) in [7, 11) is 0. The third kappa shape index (κ3) is 4.24. The van der Waals surface area contributed by atoms with E-state index in [-0.39, 0.29) is 0 Å². The molecule has 1 N–H and O–H groups in total. The molecule has 0 bridgehead atoms. The summed E-state index contributed by atoms with van der Waals surface area (Å²) in [6.45, 7) is 7.38. The quantitative estimate of drug-likeness (QED) is 0.698. The monoisotopic (exact) mass is 252 g/mol. The third-order valence-electron chi connectivity index (χ3n) is 4.83. The van der Waals surface area contributed by atoms with Crippen molar-refractivity contribution in [3.8, 4) is 0 Å². The van der Waals surface area contributed by atoms with Gasteiger partial charge in [-0.3, -0.25) is 0 Å². The van der Waals surface area contributed by atoms with Gasteiger partial charge >= 0.3 is 0 Å². The van der Waals surface area contributed by atoms with Crippen molar-refractivity contribution in [3.63, 3.8) is 0 Å². The second-order valence-corrected chi connectivity index (χ2v) is 6.25. The Morgan fingerprint density at radius 1 is 1.00 bits per heavy atom. The molecule has 106 valence electrons. The van der Waals surface area contributed by atoms with Crippen molar-refractivity contribution in [2.24, 2.45) is 5.92 Å². The van der Waals surface area contributed by atoms with Gasteiger partial charge in [-0.15, -0.1) is 0 Å². The second kappa shape index (κ2) is 8.16. The molecule has 2 atom stereocenters. The first kappa shape index (κ1) is 14.3. The summed E-state index contributed by atoms with van der Waals surface area (Å²) in [4.78, 5) is 2.83. The number of nitrogens with zero attached hydrogens (tertiary/aromatic N) is 1. The molecule has 1 saturated heterocycles. The van der Waals surface area contributed by atoms with E-state index in [0.29, 0.717) is 0 Å². The van der Waals surface area contributed by atoms with E-state index in [2.05, 4.69) is 17.1 Å². The highest BCUT2D eigenvalue weighted by molar-refractivity contribution is 4.87. The minimum atomic E-state index is 0.955. The van der Waals surface area contributed by atoms with Gasteiger partial charge < -0.3 is 10.2 Å². The van der Waals surface area contributed by atoms with Gasteiger partial charge in [0.25, 0.3) is 0 Å². The molecule has 2 aliphatic rings. The number of unbranched alkanes of at least 4 members (excludes halogenated alkanes) is 1. The zero-order chi connectivity index (χ0) is 12.6. The summed E-state index contributed by atoms with van der Waals surface area (Å²) in [5.74, 6) is 1.05. The Balaban J connectivity index is 1.62. The van der Waals surface area contributed by atoms with Crippen molar-refractivity contribution in [2.45, 2.75) is 70.8 Å². The van der Waals surface area contributed by atoms with Crippen LogP contribution in [-0.2, 0) is 0 Å². The van der Waals surface area contributed by atoms with E-state index in [1.54, 1.807) is 0 Å². The van der Waals surface area contributed by atoms with E-state index < -0.39 is 0 Å². The molecule has 0 aromatic heterocycles. The van der Waals surface area contributed by atoms with Crippen LogP contribution in [0.3, 0.4) is 0 Å². The highest BCUT2D eigenvalue weighted by atomic mass is 15.2. The Hall–Kier alpha value is -0.0800. The third-order valence-corrected chi connectivity index (χ3v) is 4.83. The van der Waals surface area contributed by atoms with Crippen LogP contribution in [0, 0.1) is 5.92 Å². The van der Waals surface area contributed by atoms with Crippen molar-refractivity contribution in [2.75, 3.05) is 26.2 Å². The average molecular weight is 252 g/mol. The zero-order valence-corrected chi connectivity index (χ0v) is 12.3. The SMILES string of the molecule is CCCNCCCCN1CCC[C@H]2CCCC[C@H]21. The van der Waals surface area contributed by atoms with Gasteiger partial charge in [0.15, 0.2) is 0 Å². The molecule has 2 fully saturated rings. The molecule has 0 spiro atoms. The van der Waals surface area contributed by atoms with Crippen LogP contribution in [0.4, 0.5) is 0 Å². The topological polar surface area (TPSA) is 15.3 Å². The molecule has 2 rings (SSSR count). The van der Waals surface area contributed by atoms with Crippen LogP contribution in [0.25, 0.3) is 0 Å². The molecule has 1 saturated carbocycles. The minimum Gasteiger partial charge on any atom is -0.317 e. The zero-order valence-electron chi connectivity index (χ0n) is 12.3. The molecule has 2 heteroatoms. The number of hydrogen-bond donors (Lipinski definition) is 1. The summed E-state index contributed by atoms with van der Waals surface area (Å²) in [6.07, 6.45) is 12.9. The lowest BCUT2D eigenvalue weighted by Crippen LogP contribution is -2.47. The number of fused-ring (bicyclic) bond motifs is 1. The van der Waals surface area contributed by atoms with E-state index in [0.717, 1.165) is 12.0 Å². The molecule has 2 nitrogen and oxygen atoms in total. The first-order valence-electron chi connectivity index (χ1n) is 8.36. The standard InChI is InChI=1S/C16H32N2/c1-2-11-17-12-5-6-13-18-14-7-9-15-8-3-4-10-16(15)18/h15-17H,2-14H2,1H3/t15-,16-/m1/s1. The fourth-order valence-electron chi connectivity index (χ4n) is 3.87. The van der Waals surface area contributed by atoms with Crippen LogP contribution in [0.2, 0.25) is 0 Å². The Morgan fingerprint density at radius 3 is 2.72 bits per heavy atom. The van der Waals surface area contributed by atoms with Crippen molar-refractivity contribution in [3.05, 3.63) is 0 Å². The minimum absolute atomic E-state index is 0.955. The molecular weight excluding hydrogens is 220 g/mol. The first-order valence-corrected chi connectivity index (χ1v) is 8.36. The van der Waals surface area contributed by atoms with Crippen LogP contribution in [-0.4, -0.2) is 37.1 Å². The van der Waals surface area contributed by atoms with Gasteiger partial charge in [0.1, 0.15) is 0 Å². The van der Waals surface area contributed by atoms with E-state index >= 15 is 0 Å². The average Bonchev–Trinajstić information content (AvgIpc) is 2.43. The number of hydrogen-bond acceptors (Lipinski definition) is 2. The Kier molecular flexibility index (Phi) is 6.50. The number of nitrogens with one attached hydrogen (secondary N) is 1. The highest BCUT2D eigenvalue weighted by Crippen LogP contribution is 2.35. The maximum absolute atomic E-state index is 3.51. The van der Waals surface area contributed by atoms with Gasteiger partial charge in [0, 0.05) is 6.04 Å². The van der Waals surface area contributed by atoms with Crippen molar-refractivity contribution in [1.29, 1.82) is 0 Å². The maximum atomic E-state index is 3.51. The smallest absolute Gasteiger partial charge is 0.0123 e. The lowest BCUT2D eigenvalue weighted by Gasteiger charge is -2.44. The number of likely N-dealkylation sites (tertiary alicyclic amines) is 1. The van der Waals surface area contributed by atoms with Crippen LogP contribution < -0.4 is 5.32 Å². The molecule has 0 unspecified atom stereocenters. The Bertz CT molecular complexity index is 215. The number of rotatable bonds is 7. The molecule has 1 aliphatic carbocycles. The summed E-state index contributed by atoms with van der Waals surface area (Å²) in [5.41, 5.74) is 0. The van der Waals surface area contributed by atoms with Gasteiger partial charge in [-0.2, -0.15) is 0 Å². The molecule has 0 amide bonds. The maximum Gasteiger partial charge on any atom is 0.0123 e. The van der Waals surface area contributed by atoms with E-state index in [9.17, 15) is 0 Å². The molecule has 0 radical (unpaired) electrons. The molecule has 0 aromatic carbocycles. The van der Waals surface area contributed by atoms with E-state index in [1.807, 2.05) is 0 Å². The van der Waals surface area contributed by atoms with Gasteiger partial charge in [-0.05, 0) is 77.0 Å². The molecule has 1 aliphatic heterocycles. The van der Waals surface area contributed by atoms with Crippen LogP contribution in [0.15, 0.2) is 0 Å². The van der Waals surface area contributed by atoms with E-state index in [4.69, 9.17) is 0 Å². The predicted octanol–water partition coefficient (Wildman–Crippen LogP) is 3.42. The molecule has 0 aromatic rings. The van der Waals surface area contributed by atoms with Gasteiger partial charge in [0.2, 0.25) is 0 Å². The van der Waals surface area contributed by atoms with E-state index in [1.165, 1.54) is 84.0 Å². The largest absolute Gasteiger partial charge is 0.317 e. The van der Waals surface area contributed by atoms with Crippen LogP contribution in [0.5, 0.6) is 0 Å². The summed E-state index contributed by atoms with van der Waals surface area (Å²) in [6, 6.07) is 0.955. The Morgan fingerprint density at radius 2 is 1.83 bits per heavy atom. The van der Waals surface area contributed by atoms with Gasteiger partial charge in [-0.1, -0.05) is 19.8 Å². The first-order chi connectivity index (χ1) is 8.92. The molecule has 1 heterocycles. The summed E-state index contributed by atoms with van der Waals surface area (Å²) >= 11 is 0. The van der Waals surface area contributed by atoms with Crippen molar-refractivity contribution >= 4 is 0 Å². The normalized spacial score (nSPS) is 29.2. The lowest BCUT2D eigenvalue weighted by molar-refractivity contribution is 0.0597. The predicted molar refractivity (Wildman–Crippen MR) is 78.9 cm³/mol. The van der Waals surface area contributed by atoms with Crippen molar-refractivity contribution < 1.29 is 0 Å². The number of piperidine rings is 1. The van der Waals surface area contributed by atoms with Crippen LogP contribution in [0.1, 0.15) is 64.7 Å². The fourth-order valence-corrected chi connectivity index (χ4v) is 3.87. The second-order valence-electron chi connectivity index (χ2n) is 6.25. The van der Waals surface area contributed by atoms with Gasteiger partial charge in [0.05, 0.1) is 0 Å². The highest BCUT2D eigenvalue weighted by Gasteiger charge is 2.32. The fraction of sp³-hybridized carbons (Fsp3) is 1.00. The lowest BCUT2D eigenvalue weighted by atomic mass is 9.78. The van der Waals surface area contributed by atoms with Gasteiger partial charge in [-0.25, -0.2) is 0 Å². The Labute approximate surface area is 114 Å². The summed E-state index contributed by atoms with van der Waals surface area (Å²) in [5, 5.41) is 3.51. The molecule has 18 heavy (non-hydrogen) atoms.